The van der Waals surface area contributed by atoms with Crippen molar-refractivity contribution >= 4 is 21.6 Å². The maximum Gasteiger partial charge on any atom is 0.245 e. The summed E-state index contributed by atoms with van der Waals surface area (Å²) < 4.78 is 26.2. The molecule has 8 heteroatoms. The highest BCUT2D eigenvalue weighted by molar-refractivity contribution is 7.89. The largest absolute Gasteiger partial charge is 0.355 e. The zero-order valence-electron chi connectivity index (χ0n) is 10.3. The number of nitrogens with zero attached hydrogens (tertiary/aromatic N) is 1. The topological polar surface area (TPSA) is 105 Å². The molecule has 0 radical (unpaired) electrons. The van der Waals surface area contributed by atoms with E-state index in [4.69, 9.17) is 5.84 Å². The first-order valence-electron chi connectivity index (χ1n) is 5.88. The number of nitrogens with one attached hydrogen (secondary N) is 2. The molecule has 1 aromatic rings. The van der Waals surface area contributed by atoms with E-state index in [-0.39, 0.29) is 17.3 Å². The Hall–Kier alpha value is -1.64. The number of hydrogen-bond donors (Lipinski definition) is 3. The Morgan fingerprint density at radius 1 is 1.32 bits per heavy atom. The molecule has 1 fully saturated rings. The molecule has 2 rings (SSSR count). The van der Waals surface area contributed by atoms with Gasteiger partial charge in [0, 0.05) is 13.1 Å². The fourth-order valence-corrected chi connectivity index (χ4v) is 3.52. The first-order valence-corrected chi connectivity index (χ1v) is 7.32. The van der Waals surface area contributed by atoms with E-state index in [0.29, 0.717) is 25.2 Å². The Morgan fingerprint density at radius 3 is 2.79 bits per heavy atom. The molecular weight excluding hydrogens is 268 g/mol. The van der Waals surface area contributed by atoms with Gasteiger partial charge in [0.25, 0.3) is 0 Å². The van der Waals surface area contributed by atoms with E-state index in [1.165, 1.54) is 10.4 Å². The lowest BCUT2D eigenvalue weighted by Crippen LogP contribution is -2.37. The number of benzene rings is 1. The van der Waals surface area contributed by atoms with Gasteiger partial charge in [-0.1, -0.05) is 12.1 Å². The van der Waals surface area contributed by atoms with Gasteiger partial charge in [0.15, 0.2) is 0 Å². The Labute approximate surface area is 111 Å². The maximum absolute atomic E-state index is 12.5. The molecule has 1 aliphatic heterocycles. The van der Waals surface area contributed by atoms with Crippen LogP contribution in [0, 0.1) is 0 Å². The van der Waals surface area contributed by atoms with E-state index in [0.717, 1.165) is 0 Å². The third-order valence-electron chi connectivity index (χ3n) is 2.89. The van der Waals surface area contributed by atoms with Crippen molar-refractivity contribution in [2.45, 2.75) is 11.3 Å². The third-order valence-corrected chi connectivity index (χ3v) is 4.79. The smallest absolute Gasteiger partial charge is 0.245 e. The number of carbonyl (C=O) groups is 1. The summed E-state index contributed by atoms with van der Waals surface area (Å²) in [5.41, 5.74) is 2.67. The molecule has 0 saturated carbocycles. The number of amides is 1. The summed E-state index contributed by atoms with van der Waals surface area (Å²) in [5, 5.41) is 2.64. The average Bonchev–Trinajstić information content (AvgIpc) is 2.64. The fraction of sp³-hybridized carbons (Fsp3) is 0.364. The number of hydrogen-bond acceptors (Lipinski definition) is 5. The molecular formula is C11H16N4O3S. The van der Waals surface area contributed by atoms with Crippen LogP contribution in [0.3, 0.4) is 0 Å². The number of sulfonamides is 1. The van der Waals surface area contributed by atoms with Gasteiger partial charge in [-0.05, 0) is 18.6 Å². The van der Waals surface area contributed by atoms with Crippen LogP contribution in [0.1, 0.15) is 6.42 Å². The van der Waals surface area contributed by atoms with E-state index in [1.54, 1.807) is 18.2 Å². The van der Waals surface area contributed by atoms with Gasteiger partial charge in [0.05, 0.1) is 12.2 Å². The molecule has 0 aliphatic carbocycles. The number of anilines is 1. The first kappa shape index (κ1) is 13.8. The molecule has 1 heterocycles. The molecule has 1 aliphatic rings. The van der Waals surface area contributed by atoms with Crippen LogP contribution in [-0.4, -0.2) is 38.3 Å². The van der Waals surface area contributed by atoms with Gasteiger partial charge in [-0.25, -0.2) is 8.42 Å². The van der Waals surface area contributed by atoms with E-state index in [1.807, 2.05) is 0 Å². The monoisotopic (exact) mass is 284 g/mol. The number of para-hydroxylation sites is 1. The summed E-state index contributed by atoms with van der Waals surface area (Å²) in [6.45, 7) is 0.628. The second-order valence-corrected chi connectivity index (χ2v) is 6.09. The van der Waals surface area contributed by atoms with Crippen LogP contribution in [0.2, 0.25) is 0 Å². The Morgan fingerprint density at radius 2 is 2.05 bits per heavy atom. The van der Waals surface area contributed by atoms with Crippen molar-refractivity contribution in [1.29, 1.82) is 0 Å². The minimum Gasteiger partial charge on any atom is -0.355 e. The summed E-state index contributed by atoms with van der Waals surface area (Å²) in [6, 6.07) is 6.34. The Balaban J connectivity index is 2.38. The minimum atomic E-state index is -3.73. The van der Waals surface area contributed by atoms with Gasteiger partial charge in [0.1, 0.15) is 4.90 Å². The average molecular weight is 284 g/mol. The normalized spacial score (nSPS) is 17.6. The SMILES string of the molecule is NNc1ccccc1S(=O)(=O)N1CCCNC(=O)C1. The molecule has 1 saturated heterocycles. The van der Waals surface area contributed by atoms with Crippen LogP contribution in [0.5, 0.6) is 0 Å². The first-order chi connectivity index (χ1) is 9.05. The van der Waals surface area contributed by atoms with Gasteiger partial charge in [-0.2, -0.15) is 4.31 Å². The molecule has 0 unspecified atom stereocenters. The Kier molecular flexibility index (Phi) is 4.03. The number of rotatable bonds is 3. The summed E-state index contributed by atoms with van der Waals surface area (Å²) in [7, 11) is -3.73. The van der Waals surface area contributed by atoms with Crippen molar-refractivity contribution in [2.24, 2.45) is 5.84 Å². The highest BCUT2D eigenvalue weighted by Crippen LogP contribution is 2.24. The highest BCUT2D eigenvalue weighted by Gasteiger charge is 2.29. The predicted octanol–water partition coefficient (Wildman–Crippen LogP) is -0.517. The van der Waals surface area contributed by atoms with Gasteiger partial charge in [0.2, 0.25) is 15.9 Å². The second kappa shape index (κ2) is 5.55. The van der Waals surface area contributed by atoms with Gasteiger partial charge < -0.3 is 10.7 Å². The van der Waals surface area contributed by atoms with Crippen molar-refractivity contribution in [2.75, 3.05) is 25.1 Å². The van der Waals surface area contributed by atoms with Crippen LogP contribution >= 0.6 is 0 Å². The predicted molar refractivity (Wildman–Crippen MR) is 70.6 cm³/mol. The number of hydrazine groups is 1. The minimum absolute atomic E-state index is 0.0761. The molecule has 1 aromatic carbocycles. The van der Waals surface area contributed by atoms with Crippen LogP contribution in [0.25, 0.3) is 0 Å². The lowest BCUT2D eigenvalue weighted by Gasteiger charge is -2.20. The summed E-state index contributed by atoms with van der Waals surface area (Å²) >= 11 is 0. The molecule has 0 spiro atoms. The van der Waals surface area contributed by atoms with Gasteiger partial charge in [-0.3, -0.25) is 10.6 Å². The third kappa shape index (κ3) is 2.86. The lowest BCUT2D eigenvalue weighted by atomic mass is 10.3. The molecule has 4 N–H and O–H groups in total. The quantitative estimate of drug-likeness (QED) is 0.512. The van der Waals surface area contributed by atoms with Crippen molar-refractivity contribution in [3.63, 3.8) is 0 Å². The van der Waals surface area contributed by atoms with E-state index in [9.17, 15) is 13.2 Å². The number of nitrogen functional groups attached to an aromatic ring is 1. The van der Waals surface area contributed by atoms with E-state index in [2.05, 4.69) is 10.7 Å². The highest BCUT2D eigenvalue weighted by atomic mass is 32.2. The maximum atomic E-state index is 12.5. The molecule has 104 valence electrons. The van der Waals surface area contributed by atoms with Gasteiger partial charge >= 0.3 is 0 Å². The molecule has 0 aromatic heterocycles. The van der Waals surface area contributed by atoms with Crippen LogP contribution in [0.15, 0.2) is 29.2 Å². The number of nitrogens with two attached hydrogens (primary N) is 1. The summed E-state index contributed by atoms with van der Waals surface area (Å²) in [4.78, 5) is 11.5. The fourth-order valence-electron chi connectivity index (χ4n) is 1.93. The second-order valence-electron chi connectivity index (χ2n) is 4.18. The number of carbonyl (C=O) groups excluding carboxylic acids is 1. The molecule has 0 atom stereocenters. The molecule has 19 heavy (non-hydrogen) atoms. The zero-order valence-corrected chi connectivity index (χ0v) is 11.1. The van der Waals surface area contributed by atoms with Crippen LogP contribution in [-0.2, 0) is 14.8 Å². The van der Waals surface area contributed by atoms with E-state index >= 15 is 0 Å². The Bertz CT molecular complexity index is 573. The lowest BCUT2D eigenvalue weighted by molar-refractivity contribution is -0.120. The van der Waals surface area contributed by atoms with Crippen LogP contribution in [0.4, 0.5) is 5.69 Å². The van der Waals surface area contributed by atoms with Crippen molar-refractivity contribution < 1.29 is 13.2 Å². The summed E-state index contributed by atoms with van der Waals surface area (Å²) in [5.74, 6) is 5.03. The zero-order chi connectivity index (χ0) is 13.9. The van der Waals surface area contributed by atoms with Gasteiger partial charge in [-0.15, -0.1) is 0 Å². The molecule has 7 nitrogen and oxygen atoms in total. The van der Waals surface area contributed by atoms with Crippen molar-refractivity contribution in [3.8, 4) is 0 Å². The molecule has 1 amide bonds. The molecule has 0 bridgehead atoms. The van der Waals surface area contributed by atoms with Crippen molar-refractivity contribution in [1.82, 2.24) is 9.62 Å². The summed E-state index contributed by atoms with van der Waals surface area (Å²) in [6.07, 6.45) is 0.586. The van der Waals surface area contributed by atoms with Crippen molar-refractivity contribution in [3.05, 3.63) is 24.3 Å². The standard InChI is InChI=1S/C11H16N4O3S/c12-14-9-4-1-2-5-10(9)19(17,18)15-7-3-6-13-11(16)8-15/h1-2,4-5,14H,3,6-8,12H2,(H,13,16). The van der Waals surface area contributed by atoms with Crippen LogP contribution < -0.4 is 16.6 Å². The van der Waals surface area contributed by atoms with E-state index < -0.39 is 10.0 Å².